The Balaban J connectivity index is 2.41. The van der Waals surface area contributed by atoms with E-state index < -0.39 is 0 Å². The summed E-state index contributed by atoms with van der Waals surface area (Å²) in [5.41, 5.74) is 0. The molecule has 2 N–H and O–H groups in total. The van der Waals surface area contributed by atoms with Crippen LogP contribution in [-0.4, -0.2) is 28.4 Å². The van der Waals surface area contributed by atoms with Gasteiger partial charge in [-0.25, -0.2) is 0 Å². The van der Waals surface area contributed by atoms with Gasteiger partial charge in [-0.05, 0) is 17.5 Å². The van der Waals surface area contributed by atoms with Crippen molar-refractivity contribution in [1.82, 2.24) is 10.1 Å². The smallest absolute Gasteiger partial charge is 0.263 e. The molecule has 1 unspecified atom stereocenters. The van der Waals surface area contributed by atoms with Crippen LogP contribution in [0.1, 0.15) is 33.1 Å². The van der Waals surface area contributed by atoms with Crippen LogP contribution in [0.3, 0.4) is 0 Å². The molecule has 1 atom stereocenters. The van der Waals surface area contributed by atoms with Crippen LogP contribution in [0.25, 0.3) is 0 Å². The summed E-state index contributed by atoms with van der Waals surface area (Å²) in [5.74, 6) is 1.82. The third kappa shape index (κ3) is 3.81. The lowest BCUT2D eigenvalue weighted by Gasteiger charge is -2.17. The van der Waals surface area contributed by atoms with E-state index in [1.54, 1.807) is 0 Å². The van der Waals surface area contributed by atoms with Crippen molar-refractivity contribution in [2.45, 2.75) is 33.6 Å². The average Bonchev–Trinajstić information content (AvgIpc) is 2.67. The van der Waals surface area contributed by atoms with Gasteiger partial charge in [-0.2, -0.15) is 4.98 Å². The Hall–Kier alpha value is -1.10. The fourth-order valence-corrected chi connectivity index (χ4v) is 1.38. The van der Waals surface area contributed by atoms with E-state index in [4.69, 9.17) is 9.63 Å². The first kappa shape index (κ1) is 13.0. The van der Waals surface area contributed by atoms with Crippen LogP contribution in [-0.2, 0) is 6.42 Å². The molecule has 0 fully saturated rings. The average molecular weight is 227 g/mol. The van der Waals surface area contributed by atoms with Crippen LogP contribution in [0.2, 0.25) is 0 Å². The van der Waals surface area contributed by atoms with Crippen molar-refractivity contribution in [2.75, 3.05) is 18.5 Å². The molecule has 0 saturated carbocycles. The zero-order valence-corrected chi connectivity index (χ0v) is 10.2. The standard InChI is InChI=1S/C11H21N3O2/c1-4-5-10-13-11(14-16-10)12-6-9(7-15)8(2)3/h8-9,15H,4-7H2,1-3H3,(H,12,14). The molecule has 0 aliphatic carbocycles. The van der Waals surface area contributed by atoms with Gasteiger partial charge in [-0.1, -0.05) is 20.8 Å². The van der Waals surface area contributed by atoms with Gasteiger partial charge in [0.2, 0.25) is 5.89 Å². The van der Waals surface area contributed by atoms with E-state index in [0.29, 0.717) is 24.3 Å². The Morgan fingerprint density at radius 3 is 2.75 bits per heavy atom. The summed E-state index contributed by atoms with van der Waals surface area (Å²) in [6.07, 6.45) is 1.80. The van der Waals surface area contributed by atoms with Gasteiger partial charge in [-0.3, -0.25) is 0 Å². The van der Waals surface area contributed by atoms with Crippen molar-refractivity contribution in [3.63, 3.8) is 0 Å². The Kier molecular flexibility index (Phi) is 5.25. The summed E-state index contributed by atoms with van der Waals surface area (Å²) >= 11 is 0. The third-order valence-electron chi connectivity index (χ3n) is 2.63. The van der Waals surface area contributed by atoms with Gasteiger partial charge in [0.15, 0.2) is 0 Å². The van der Waals surface area contributed by atoms with Crippen LogP contribution in [0, 0.1) is 11.8 Å². The molecular weight excluding hydrogens is 206 g/mol. The number of hydrogen-bond acceptors (Lipinski definition) is 5. The number of aromatic nitrogens is 2. The number of aliphatic hydroxyl groups is 1. The van der Waals surface area contributed by atoms with E-state index in [0.717, 1.165) is 12.8 Å². The maximum atomic E-state index is 9.16. The number of aliphatic hydroxyl groups excluding tert-OH is 1. The Bertz CT molecular complexity index is 299. The van der Waals surface area contributed by atoms with E-state index >= 15 is 0 Å². The zero-order valence-electron chi connectivity index (χ0n) is 10.2. The van der Waals surface area contributed by atoms with E-state index in [9.17, 15) is 0 Å². The SMILES string of the molecule is CCCc1nc(NCC(CO)C(C)C)no1. The molecule has 0 aliphatic heterocycles. The third-order valence-corrected chi connectivity index (χ3v) is 2.63. The second-order valence-electron chi connectivity index (χ2n) is 4.33. The lowest BCUT2D eigenvalue weighted by Crippen LogP contribution is -2.23. The van der Waals surface area contributed by atoms with Crippen molar-refractivity contribution in [1.29, 1.82) is 0 Å². The molecule has 1 aromatic heterocycles. The normalized spacial score (nSPS) is 13.1. The maximum Gasteiger partial charge on any atom is 0.263 e. The first-order chi connectivity index (χ1) is 7.67. The summed E-state index contributed by atoms with van der Waals surface area (Å²) in [4.78, 5) is 4.20. The number of nitrogens with zero attached hydrogens (tertiary/aromatic N) is 2. The monoisotopic (exact) mass is 227 g/mol. The Morgan fingerprint density at radius 2 is 2.19 bits per heavy atom. The molecule has 0 spiro atoms. The topological polar surface area (TPSA) is 71.2 Å². The molecule has 5 heteroatoms. The summed E-state index contributed by atoms with van der Waals surface area (Å²) in [7, 11) is 0. The number of nitrogens with one attached hydrogen (secondary N) is 1. The molecule has 5 nitrogen and oxygen atoms in total. The summed E-state index contributed by atoms with van der Waals surface area (Å²) in [6, 6.07) is 0. The summed E-state index contributed by atoms with van der Waals surface area (Å²) < 4.78 is 5.05. The number of aryl methyl sites for hydroxylation is 1. The molecule has 0 amide bonds. The predicted molar refractivity (Wildman–Crippen MR) is 62.2 cm³/mol. The lowest BCUT2D eigenvalue weighted by atomic mass is 9.97. The van der Waals surface area contributed by atoms with Crippen LogP contribution < -0.4 is 5.32 Å². The lowest BCUT2D eigenvalue weighted by molar-refractivity contribution is 0.198. The van der Waals surface area contributed by atoms with Crippen LogP contribution in [0.4, 0.5) is 5.95 Å². The van der Waals surface area contributed by atoms with E-state index in [1.807, 2.05) is 0 Å². The summed E-state index contributed by atoms with van der Waals surface area (Å²) in [5, 5.41) is 16.1. The fourth-order valence-electron chi connectivity index (χ4n) is 1.38. The van der Waals surface area contributed by atoms with Gasteiger partial charge in [-0.15, -0.1) is 0 Å². The molecule has 0 saturated heterocycles. The van der Waals surface area contributed by atoms with Gasteiger partial charge >= 0.3 is 0 Å². The van der Waals surface area contributed by atoms with E-state index in [1.165, 1.54) is 0 Å². The Labute approximate surface area is 96.2 Å². The van der Waals surface area contributed by atoms with Crippen molar-refractivity contribution >= 4 is 5.95 Å². The molecule has 0 bridgehead atoms. The molecule has 0 aliphatic rings. The fraction of sp³-hybridized carbons (Fsp3) is 0.818. The van der Waals surface area contributed by atoms with Crippen molar-refractivity contribution in [2.24, 2.45) is 11.8 Å². The molecule has 0 aromatic carbocycles. The Morgan fingerprint density at radius 1 is 1.44 bits per heavy atom. The largest absolute Gasteiger partial charge is 0.396 e. The molecule has 92 valence electrons. The van der Waals surface area contributed by atoms with Crippen molar-refractivity contribution in [3.8, 4) is 0 Å². The minimum Gasteiger partial charge on any atom is -0.396 e. The minimum atomic E-state index is 0.171. The molecule has 1 rings (SSSR count). The van der Waals surface area contributed by atoms with Gasteiger partial charge in [0.1, 0.15) is 0 Å². The van der Waals surface area contributed by atoms with Crippen LogP contribution >= 0.6 is 0 Å². The highest BCUT2D eigenvalue weighted by atomic mass is 16.5. The van der Waals surface area contributed by atoms with Gasteiger partial charge in [0.05, 0.1) is 0 Å². The molecule has 1 heterocycles. The van der Waals surface area contributed by atoms with Gasteiger partial charge < -0.3 is 14.9 Å². The van der Waals surface area contributed by atoms with Gasteiger partial charge in [0.25, 0.3) is 5.95 Å². The minimum absolute atomic E-state index is 0.171. The predicted octanol–water partition coefficient (Wildman–Crippen LogP) is 1.70. The molecule has 0 radical (unpaired) electrons. The molecule has 1 aromatic rings. The zero-order chi connectivity index (χ0) is 12.0. The number of anilines is 1. The number of rotatable bonds is 7. The number of hydrogen-bond donors (Lipinski definition) is 2. The highest BCUT2D eigenvalue weighted by Crippen LogP contribution is 2.11. The van der Waals surface area contributed by atoms with E-state index in [2.05, 4.69) is 36.2 Å². The molecular formula is C11H21N3O2. The van der Waals surface area contributed by atoms with Crippen LogP contribution in [0.5, 0.6) is 0 Å². The molecule has 16 heavy (non-hydrogen) atoms. The van der Waals surface area contributed by atoms with Gasteiger partial charge in [0, 0.05) is 25.5 Å². The summed E-state index contributed by atoms with van der Waals surface area (Å²) in [6.45, 7) is 7.07. The first-order valence-electron chi connectivity index (χ1n) is 5.84. The second kappa shape index (κ2) is 6.48. The van der Waals surface area contributed by atoms with Crippen molar-refractivity contribution in [3.05, 3.63) is 5.89 Å². The maximum absolute atomic E-state index is 9.16. The first-order valence-corrected chi connectivity index (χ1v) is 5.84. The highest BCUT2D eigenvalue weighted by molar-refractivity contribution is 5.21. The van der Waals surface area contributed by atoms with Crippen LogP contribution in [0.15, 0.2) is 4.52 Å². The van der Waals surface area contributed by atoms with Crippen molar-refractivity contribution < 1.29 is 9.63 Å². The van der Waals surface area contributed by atoms with E-state index in [-0.39, 0.29) is 12.5 Å². The quantitative estimate of drug-likeness (QED) is 0.741. The second-order valence-corrected chi connectivity index (χ2v) is 4.33. The highest BCUT2D eigenvalue weighted by Gasteiger charge is 2.13.